The van der Waals surface area contributed by atoms with Crippen LogP contribution in [0.25, 0.3) is 0 Å². The van der Waals surface area contributed by atoms with E-state index >= 15 is 0 Å². The van der Waals surface area contributed by atoms with Gasteiger partial charge in [-0.15, -0.1) is 0 Å². The summed E-state index contributed by atoms with van der Waals surface area (Å²) in [5, 5.41) is 11.0. The van der Waals surface area contributed by atoms with Gasteiger partial charge in [-0.25, -0.2) is 0 Å². The van der Waals surface area contributed by atoms with E-state index in [4.69, 9.17) is 4.84 Å². The first-order valence-electron chi connectivity index (χ1n) is 11.8. The Hall–Kier alpha value is -0.870. The lowest BCUT2D eigenvalue weighted by molar-refractivity contribution is -0.160. The zero-order valence-corrected chi connectivity index (χ0v) is 19.0. The summed E-state index contributed by atoms with van der Waals surface area (Å²) in [6.07, 6.45) is 23.4. The van der Waals surface area contributed by atoms with Crippen molar-refractivity contribution < 1.29 is 14.7 Å². The van der Waals surface area contributed by atoms with Gasteiger partial charge >= 0.3 is 5.97 Å². The number of carboxylic acid groups (broad SMARTS) is 1. The fraction of sp³-hybridized carbons (Fsp3) is 0.875. The van der Waals surface area contributed by atoms with Crippen LogP contribution < -0.4 is 0 Å². The molecule has 0 aromatic rings. The number of allylic oxidation sites excluding steroid dienone is 2. The largest absolute Gasteiger partial charge is 0.481 e. The van der Waals surface area contributed by atoms with Crippen LogP contribution in [-0.4, -0.2) is 36.3 Å². The third-order valence-electron chi connectivity index (χ3n) is 5.24. The van der Waals surface area contributed by atoms with E-state index in [9.17, 15) is 9.90 Å². The second kappa shape index (κ2) is 20.9. The number of carbonyl (C=O) groups is 1. The SMILES string of the molecule is CCCCCCCC/C=C\CCCCCCCCC(CN(C)OCC)C(=O)O. The highest BCUT2D eigenvalue weighted by molar-refractivity contribution is 5.70. The fourth-order valence-corrected chi connectivity index (χ4v) is 3.51. The molecule has 1 atom stereocenters. The molecular formula is C24H47NO3. The number of carboxylic acids is 1. The Morgan fingerprint density at radius 3 is 1.86 bits per heavy atom. The summed E-state index contributed by atoms with van der Waals surface area (Å²) in [6.45, 7) is 5.23. The maximum atomic E-state index is 11.3. The molecule has 0 saturated carbocycles. The van der Waals surface area contributed by atoms with Crippen molar-refractivity contribution in [3.63, 3.8) is 0 Å². The van der Waals surface area contributed by atoms with Crippen molar-refractivity contribution in [1.29, 1.82) is 0 Å². The normalized spacial score (nSPS) is 12.9. The molecule has 4 nitrogen and oxygen atoms in total. The van der Waals surface area contributed by atoms with Crippen LogP contribution in [0.15, 0.2) is 12.2 Å². The third-order valence-corrected chi connectivity index (χ3v) is 5.24. The molecule has 0 aromatic carbocycles. The first kappa shape index (κ1) is 27.1. The number of hydrogen-bond donors (Lipinski definition) is 1. The Morgan fingerprint density at radius 1 is 0.857 bits per heavy atom. The van der Waals surface area contributed by atoms with E-state index in [1.165, 1.54) is 77.0 Å². The van der Waals surface area contributed by atoms with Gasteiger partial charge in [-0.05, 0) is 39.0 Å². The number of hydrogen-bond acceptors (Lipinski definition) is 3. The number of unbranched alkanes of at least 4 members (excludes halogenated alkanes) is 12. The highest BCUT2D eigenvalue weighted by Crippen LogP contribution is 2.15. The van der Waals surface area contributed by atoms with Crippen molar-refractivity contribution in [2.24, 2.45) is 5.92 Å². The minimum Gasteiger partial charge on any atom is -0.481 e. The van der Waals surface area contributed by atoms with E-state index in [-0.39, 0.29) is 5.92 Å². The lowest BCUT2D eigenvalue weighted by Gasteiger charge is -2.20. The van der Waals surface area contributed by atoms with E-state index in [2.05, 4.69) is 19.1 Å². The minimum atomic E-state index is -0.709. The van der Waals surface area contributed by atoms with Crippen LogP contribution in [0.5, 0.6) is 0 Å². The van der Waals surface area contributed by atoms with Gasteiger partial charge < -0.3 is 5.11 Å². The highest BCUT2D eigenvalue weighted by atomic mass is 16.7. The van der Waals surface area contributed by atoms with E-state index in [0.717, 1.165) is 19.3 Å². The molecule has 166 valence electrons. The zero-order chi connectivity index (χ0) is 20.9. The summed E-state index contributed by atoms with van der Waals surface area (Å²) in [5.41, 5.74) is 0. The first-order valence-corrected chi connectivity index (χ1v) is 11.8. The first-order chi connectivity index (χ1) is 13.6. The molecule has 1 N–H and O–H groups in total. The van der Waals surface area contributed by atoms with Crippen LogP contribution in [0, 0.1) is 5.92 Å². The Bertz CT molecular complexity index is 371. The van der Waals surface area contributed by atoms with Gasteiger partial charge in [0.2, 0.25) is 0 Å². The second-order valence-electron chi connectivity index (χ2n) is 7.99. The number of rotatable bonds is 21. The quantitative estimate of drug-likeness (QED) is 0.129. The van der Waals surface area contributed by atoms with Gasteiger partial charge in [0.1, 0.15) is 0 Å². The third kappa shape index (κ3) is 18.5. The maximum Gasteiger partial charge on any atom is 0.307 e. The van der Waals surface area contributed by atoms with Crippen LogP contribution in [0.3, 0.4) is 0 Å². The van der Waals surface area contributed by atoms with Crippen molar-refractivity contribution in [1.82, 2.24) is 5.06 Å². The average Bonchev–Trinajstić information content (AvgIpc) is 2.66. The van der Waals surface area contributed by atoms with Gasteiger partial charge in [-0.1, -0.05) is 83.3 Å². The Labute approximate surface area is 174 Å². The molecular weight excluding hydrogens is 350 g/mol. The number of nitrogens with zero attached hydrogens (tertiary/aromatic N) is 1. The van der Waals surface area contributed by atoms with Crippen LogP contribution in [0.4, 0.5) is 0 Å². The molecule has 4 heteroatoms. The molecule has 0 spiro atoms. The van der Waals surface area contributed by atoms with E-state index < -0.39 is 5.97 Å². The van der Waals surface area contributed by atoms with Gasteiger partial charge in [0.25, 0.3) is 0 Å². The molecule has 0 fully saturated rings. The lowest BCUT2D eigenvalue weighted by Crippen LogP contribution is -2.30. The second-order valence-corrected chi connectivity index (χ2v) is 7.99. The van der Waals surface area contributed by atoms with Crippen molar-refractivity contribution in [3.8, 4) is 0 Å². The van der Waals surface area contributed by atoms with Crippen molar-refractivity contribution >= 4 is 5.97 Å². The maximum absolute atomic E-state index is 11.3. The molecule has 0 rings (SSSR count). The zero-order valence-electron chi connectivity index (χ0n) is 19.0. The molecule has 0 aliphatic rings. The molecule has 0 heterocycles. The molecule has 0 radical (unpaired) electrons. The van der Waals surface area contributed by atoms with Gasteiger partial charge in [-0.3, -0.25) is 9.63 Å². The average molecular weight is 398 g/mol. The summed E-state index contributed by atoms with van der Waals surface area (Å²) >= 11 is 0. The predicted octanol–water partition coefficient (Wildman–Crippen LogP) is 7.00. The molecule has 1 unspecified atom stereocenters. The highest BCUT2D eigenvalue weighted by Gasteiger charge is 2.19. The lowest BCUT2D eigenvalue weighted by atomic mass is 10.00. The van der Waals surface area contributed by atoms with Crippen LogP contribution in [0.2, 0.25) is 0 Å². The Morgan fingerprint density at radius 2 is 1.36 bits per heavy atom. The molecule has 0 aliphatic carbocycles. The predicted molar refractivity (Wildman–Crippen MR) is 119 cm³/mol. The van der Waals surface area contributed by atoms with Crippen molar-refractivity contribution in [2.45, 2.75) is 110 Å². The molecule has 28 heavy (non-hydrogen) atoms. The van der Waals surface area contributed by atoms with Crippen LogP contribution in [0.1, 0.15) is 110 Å². The summed E-state index contributed by atoms with van der Waals surface area (Å²) in [7, 11) is 1.81. The van der Waals surface area contributed by atoms with Gasteiger partial charge in [0.15, 0.2) is 0 Å². The summed E-state index contributed by atoms with van der Waals surface area (Å²) < 4.78 is 0. The fourth-order valence-electron chi connectivity index (χ4n) is 3.51. The summed E-state index contributed by atoms with van der Waals surface area (Å²) in [6, 6.07) is 0. The standard InChI is InChI=1S/C24H47NO3/c1-4-6-7-8-9-10-11-12-13-14-15-16-17-18-19-20-21-23(24(26)27)22-25(3)28-5-2/h12-13,23H,4-11,14-22H2,1-3H3,(H,26,27)/b13-12-. The minimum absolute atomic E-state index is 0.326. The van der Waals surface area contributed by atoms with E-state index in [0.29, 0.717) is 13.2 Å². The Kier molecular flexibility index (Phi) is 20.2. The number of hydroxylamine groups is 2. The van der Waals surface area contributed by atoms with E-state index in [1.54, 1.807) is 5.06 Å². The van der Waals surface area contributed by atoms with Gasteiger partial charge in [0, 0.05) is 13.6 Å². The number of aliphatic carboxylic acids is 1. The summed E-state index contributed by atoms with van der Waals surface area (Å²) in [5.74, 6) is -1.03. The van der Waals surface area contributed by atoms with Crippen LogP contribution in [-0.2, 0) is 9.63 Å². The van der Waals surface area contributed by atoms with Crippen LogP contribution >= 0.6 is 0 Å². The monoisotopic (exact) mass is 397 g/mol. The molecule has 0 amide bonds. The molecule has 0 aliphatic heterocycles. The Balaban J connectivity index is 3.46. The van der Waals surface area contributed by atoms with Crippen molar-refractivity contribution in [2.75, 3.05) is 20.2 Å². The topological polar surface area (TPSA) is 49.8 Å². The van der Waals surface area contributed by atoms with Gasteiger partial charge in [-0.2, -0.15) is 5.06 Å². The van der Waals surface area contributed by atoms with E-state index in [1.807, 2.05) is 14.0 Å². The molecule has 0 saturated heterocycles. The molecule has 0 bridgehead atoms. The smallest absolute Gasteiger partial charge is 0.307 e. The molecule has 0 aromatic heterocycles. The summed E-state index contributed by atoms with van der Waals surface area (Å²) in [4.78, 5) is 16.7. The van der Waals surface area contributed by atoms with Gasteiger partial charge in [0.05, 0.1) is 12.5 Å². The van der Waals surface area contributed by atoms with Crippen molar-refractivity contribution in [3.05, 3.63) is 12.2 Å².